The second-order valence-corrected chi connectivity index (χ2v) is 1.73. The predicted molar refractivity (Wildman–Crippen MR) is 37.6 cm³/mol. The van der Waals surface area contributed by atoms with Gasteiger partial charge in [0.15, 0.2) is 0 Å². The molecule has 0 saturated carbocycles. The molecule has 0 fully saturated rings. The maximum Gasteiger partial charge on any atom is 0.334 e. The van der Waals surface area contributed by atoms with E-state index in [0.29, 0.717) is 0 Å². The summed E-state index contributed by atoms with van der Waals surface area (Å²) in [5.74, 6) is -1.12. The van der Waals surface area contributed by atoms with Gasteiger partial charge in [0.1, 0.15) is 6.10 Å². The summed E-state index contributed by atoms with van der Waals surface area (Å²) in [4.78, 5) is 10.3. The van der Waals surface area contributed by atoms with E-state index in [1.54, 1.807) is 6.92 Å². The Kier molecular flexibility index (Phi) is 3.43. The molecule has 56 valence electrons. The van der Waals surface area contributed by atoms with Crippen molar-refractivity contribution < 1.29 is 15.0 Å². The molecule has 0 spiro atoms. The first-order valence-electron chi connectivity index (χ1n) is 2.83. The Morgan fingerprint density at radius 2 is 2.20 bits per heavy atom. The van der Waals surface area contributed by atoms with Crippen molar-refractivity contribution in [3.05, 3.63) is 24.3 Å². The fourth-order valence-corrected chi connectivity index (χ4v) is 0.548. The van der Waals surface area contributed by atoms with Crippen molar-refractivity contribution in [2.75, 3.05) is 0 Å². The highest BCUT2D eigenvalue weighted by molar-refractivity contribution is 5.88. The van der Waals surface area contributed by atoms with Crippen molar-refractivity contribution >= 4 is 5.97 Å². The minimum absolute atomic E-state index is 0.0463. The number of carboxylic acid groups (broad SMARTS) is 1. The van der Waals surface area contributed by atoms with Crippen molar-refractivity contribution in [3.63, 3.8) is 0 Å². The molecule has 3 heteroatoms. The maximum absolute atomic E-state index is 10.3. The molecule has 0 heterocycles. The van der Waals surface area contributed by atoms with Gasteiger partial charge in [-0.25, -0.2) is 4.79 Å². The first-order valence-corrected chi connectivity index (χ1v) is 2.83. The molecular formula is C7H10O3. The molecule has 2 N–H and O–H groups in total. The summed E-state index contributed by atoms with van der Waals surface area (Å²) in [7, 11) is 0. The average Bonchev–Trinajstić information content (AvgIpc) is 1.88. The van der Waals surface area contributed by atoms with Crippen LogP contribution in [-0.4, -0.2) is 22.3 Å². The quantitative estimate of drug-likeness (QED) is 0.447. The largest absolute Gasteiger partial charge is 0.478 e. The summed E-state index contributed by atoms with van der Waals surface area (Å²) in [6.07, 6.45) is 1.44. The molecule has 3 nitrogen and oxygen atoms in total. The summed E-state index contributed by atoms with van der Waals surface area (Å²) in [5.41, 5.74) is -0.0463. The SMILES string of the molecule is C=CC(O)/C(=C\C)C(=O)O. The summed E-state index contributed by atoms with van der Waals surface area (Å²) in [5, 5.41) is 17.3. The Bertz CT molecular complexity index is 170. The van der Waals surface area contributed by atoms with Crippen LogP contribution in [-0.2, 0) is 4.79 Å². The monoisotopic (exact) mass is 142 g/mol. The molecule has 0 saturated heterocycles. The van der Waals surface area contributed by atoms with Gasteiger partial charge in [0, 0.05) is 0 Å². The van der Waals surface area contributed by atoms with Gasteiger partial charge in [-0.2, -0.15) is 0 Å². The van der Waals surface area contributed by atoms with Gasteiger partial charge >= 0.3 is 5.97 Å². The van der Waals surface area contributed by atoms with Crippen LogP contribution in [0.15, 0.2) is 24.3 Å². The third kappa shape index (κ3) is 2.03. The zero-order valence-electron chi connectivity index (χ0n) is 5.74. The van der Waals surface area contributed by atoms with Gasteiger partial charge < -0.3 is 10.2 Å². The van der Waals surface area contributed by atoms with E-state index >= 15 is 0 Å². The highest BCUT2D eigenvalue weighted by Crippen LogP contribution is 2.02. The normalized spacial score (nSPS) is 14.4. The summed E-state index contributed by atoms with van der Waals surface area (Å²) in [6, 6.07) is 0. The Balaban J connectivity index is 4.37. The molecule has 0 radical (unpaired) electrons. The zero-order valence-corrected chi connectivity index (χ0v) is 5.74. The molecule has 1 unspecified atom stereocenters. The van der Waals surface area contributed by atoms with E-state index in [2.05, 4.69) is 6.58 Å². The van der Waals surface area contributed by atoms with Crippen molar-refractivity contribution in [2.45, 2.75) is 13.0 Å². The van der Waals surface area contributed by atoms with E-state index in [1.165, 1.54) is 12.2 Å². The average molecular weight is 142 g/mol. The molecule has 0 aliphatic heterocycles. The smallest absolute Gasteiger partial charge is 0.334 e. The first-order chi connectivity index (χ1) is 4.63. The van der Waals surface area contributed by atoms with Crippen LogP contribution in [0.1, 0.15) is 6.92 Å². The third-order valence-electron chi connectivity index (χ3n) is 1.10. The van der Waals surface area contributed by atoms with E-state index in [-0.39, 0.29) is 5.57 Å². The molecule has 0 rings (SSSR count). The molecule has 10 heavy (non-hydrogen) atoms. The van der Waals surface area contributed by atoms with Crippen molar-refractivity contribution in [3.8, 4) is 0 Å². The highest BCUT2D eigenvalue weighted by atomic mass is 16.4. The number of aliphatic hydroxyl groups is 1. The van der Waals surface area contributed by atoms with Gasteiger partial charge in [0.25, 0.3) is 0 Å². The van der Waals surface area contributed by atoms with Crippen LogP contribution in [0.5, 0.6) is 0 Å². The van der Waals surface area contributed by atoms with Crippen LogP contribution in [0.25, 0.3) is 0 Å². The van der Waals surface area contributed by atoms with Gasteiger partial charge in [0.2, 0.25) is 0 Å². The Morgan fingerprint density at radius 3 is 2.30 bits per heavy atom. The number of hydrogen-bond donors (Lipinski definition) is 2. The first kappa shape index (κ1) is 8.91. The summed E-state index contributed by atoms with van der Waals surface area (Å²) >= 11 is 0. The molecule has 0 bridgehead atoms. The van der Waals surface area contributed by atoms with Crippen LogP contribution in [0.4, 0.5) is 0 Å². The lowest BCUT2D eigenvalue weighted by Gasteiger charge is -2.03. The number of aliphatic hydroxyl groups excluding tert-OH is 1. The van der Waals surface area contributed by atoms with Crippen LogP contribution in [0.3, 0.4) is 0 Å². The molecule has 0 amide bonds. The number of carboxylic acids is 1. The highest BCUT2D eigenvalue weighted by Gasteiger charge is 2.12. The summed E-state index contributed by atoms with van der Waals surface area (Å²) < 4.78 is 0. The van der Waals surface area contributed by atoms with Crippen LogP contribution in [0, 0.1) is 0 Å². The second-order valence-electron chi connectivity index (χ2n) is 1.73. The molecular weight excluding hydrogens is 132 g/mol. The topological polar surface area (TPSA) is 57.5 Å². The maximum atomic E-state index is 10.3. The Labute approximate surface area is 59.3 Å². The van der Waals surface area contributed by atoms with Crippen molar-refractivity contribution in [1.29, 1.82) is 0 Å². The minimum atomic E-state index is -1.12. The minimum Gasteiger partial charge on any atom is -0.478 e. The van der Waals surface area contributed by atoms with Gasteiger partial charge in [-0.15, -0.1) is 6.58 Å². The lowest BCUT2D eigenvalue weighted by Crippen LogP contribution is -2.14. The lowest BCUT2D eigenvalue weighted by atomic mass is 10.1. The van der Waals surface area contributed by atoms with Gasteiger partial charge in [0.05, 0.1) is 5.57 Å². The van der Waals surface area contributed by atoms with Gasteiger partial charge in [-0.1, -0.05) is 12.2 Å². The molecule has 0 aliphatic carbocycles. The number of rotatable bonds is 3. The Hall–Kier alpha value is -1.09. The van der Waals surface area contributed by atoms with Crippen molar-refractivity contribution in [1.82, 2.24) is 0 Å². The van der Waals surface area contributed by atoms with Crippen molar-refractivity contribution in [2.24, 2.45) is 0 Å². The molecule has 0 aromatic rings. The standard InChI is InChI=1S/C7H10O3/c1-3-5(7(9)10)6(8)4-2/h3-4,6,8H,2H2,1H3,(H,9,10)/b5-3+. The Morgan fingerprint density at radius 1 is 1.70 bits per heavy atom. The number of aliphatic carboxylic acids is 1. The predicted octanol–water partition coefficient (Wildman–Crippen LogP) is 0.564. The van der Waals surface area contributed by atoms with Gasteiger partial charge in [-0.3, -0.25) is 0 Å². The van der Waals surface area contributed by atoms with Crippen LogP contribution < -0.4 is 0 Å². The number of hydrogen-bond acceptors (Lipinski definition) is 2. The van der Waals surface area contributed by atoms with Gasteiger partial charge in [-0.05, 0) is 6.92 Å². The summed E-state index contributed by atoms with van der Waals surface area (Å²) in [6.45, 7) is 4.81. The molecule has 0 aromatic heterocycles. The van der Waals surface area contributed by atoms with Crippen LogP contribution in [0.2, 0.25) is 0 Å². The van der Waals surface area contributed by atoms with Crippen LogP contribution >= 0.6 is 0 Å². The zero-order chi connectivity index (χ0) is 8.15. The third-order valence-corrected chi connectivity index (χ3v) is 1.10. The molecule has 1 atom stereocenters. The van der Waals surface area contributed by atoms with E-state index in [1.807, 2.05) is 0 Å². The number of carbonyl (C=O) groups is 1. The fourth-order valence-electron chi connectivity index (χ4n) is 0.548. The second kappa shape index (κ2) is 3.85. The molecule has 0 aromatic carbocycles. The van der Waals surface area contributed by atoms with E-state index < -0.39 is 12.1 Å². The molecule has 0 aliphatic rings. The lowest BCUT2D eigenvalue weighted by molar-refractivity contribution is -0.133. The van der Waals surface area contributed by atoms with E-state index in [0.717, 1.165) is 0 Å². The number of allylic oxidation sites excluding steroid dienone is 1. The van der Waals surface area contributed by atoms with E-state index in [9.17, 15) is 4.79 Å². The van der Waals surface area contributed by atoms with E-state index in [4.69, 9.17) is 10.2 Å². The fraction of sp³-hybridized carbons (Fsp3) is 0.286.